The summed E-state index contributed by atoms with van der Waals surface area (Å²) in [5.41, 5.74) is 4.98. The van der Waals surface area contributed by atoms with Gasteiger partial charge in [-0.05, 0) is 6.42 Å². The lowest BCUT2D eigenvalue weighted by molar-refractivity contribution is -0.138. The van der Waals surface area contributed by atoms with Gasteiger partial charge in [-0.2, -0.15) is 0 Å². The second kappa shape index (κ2) is 5.23. The van der Waals surface area contributed by atoms with Crippen molar-refractivity contribution in [3.63, 3.8) is 0 Å². The molecule has 0 aromatic heterocycles. The summed E-state index contributed by atoms with van der Waals surface area (Å²) in [6, 6.07) is -1.19. The van der Waals surface area contributed by atoms with Gasteiger partial charge in [-0.1, -0.05) is 0 Å². The minimum absolute atomic E-state index is 0. The number of hydrogen-bond donors (Lipinski definition) is 4. The normalized spacial score (nSPS) is 13.2. The first kappa shape index (κ1) is 14.1. The highest BCUT2D eigenvalue weighted by molar-refractivity contribution is 7.51. The Morgan fingerprint density at radius 3 is 2.17 bits per heavy atom. The van der Waals surface area contributed by atoms with Gasteiger partial charge in [0.1, 0.15) is 6.04 Å². The zero-order chi connectivity index (χ0) is 9.07. The van der Waals surface area contributed by atoms with E-state index in [1.54, 1.807) is 0 Å². The quantitative estimate of drug-likeness (QED) is 0.391. The van der Waals surface area contributed by atoms with Crippen LogP contribution in [0.4, 0.5) is 0 Å². The van der Waals surface area contributed by atoms with Gasteiger partial charge in [0.15, 0.2) is 0 Å². The Morgan fingerprint density at radius 2 is 1.92 bits per heavy atom. The molecule has 0 radical (unpaired) electrons. The molecular formula is C4H12NO6P. The van der Waals surface area contributed by atoms with Gasteiger partial charge in [0, 0.05) is 0 Å². The average molecular weight is 201 g/mol. The van der Waals surface area contributed by atoms with E-state index in [1.165, 1.54) is 0 Å². The van der Waals surface area contributed by atoms with E-state index in [-0.39, 0.29) is 11.9 Å². The lowest BCUT2D eigenvalue weighted by atomic mass is 10.2. The van der Waals surface area contributed by atoms with Gasteiger partial charge < -0.3 is 26.1 Å². The second-order valence-corrected chi connectivity index (χ2v) is 3.90. The van der Waals surface area contributed by atoms with E-state index in [4.69, 9.17) is 20.6 Å². The average Bonchev–Trinajstić information content (AvgIpc) is 1.80. The van der Waals surface area contributed by atoms with Crippen LogP contribution in [0.1, 0.15) is 6.42 Å². The summed E-state index contributed by atoms with van der Waals surface area (Å²) in [4.78, 5) is 26.7. The third kappa shape index (κ3) is 7.64. The zero-order valence-electron chi connectivity index (χ0n) is 6.17. The van der Waals surface area contributed by atoms with Crippen LogP contribution in [0.2, 0.25) is 0 Å². The summed E-state index contributed by atoms with van der Waals surface area (Å²) in [5, 5.41) is 8.20. The molecule has 0 bridgehead atoms. The minimum atomic E-state index is -4.10. The van der Waals surface area contributed by atoms with Crippen molar-refractivity contribution in [2.24, 2.45) is 5.73 Å². The molecule has 74 valence electrons. The van der Waals surface area contributed by atoms with Gasteiger partial charge in [0.05, 0.1) is 6.16 Å². The molecule has 0 saturated heterocycles. The van der Waals surface area contributed by atoms with E-state index in [0.29, 0.717) is 0 Å². The fraction of sp³-hybridized carbons (Fsp3) is 0.750. The van der Waals surface area contributed by atoms with Crippen molar-refractivity contribution in [2.75, 3.05) is 6.16 Å². The summed E-state index contributed by atoms with van der Waals surface area (Å²) >= 11 is 0. The molecular weight excluding hydrogens is 189 g/mol. The van der Waals surface area contributed by atoms with Crippen LogP contribution >= 0.6 is 7.60 Å². The first-order valence-electron chi connectivity index (χ1n) is 2.86. The number of aliphatic carboxylic acids is 1. The Balaban J connectivity index is 0. The number of hydrogen-bond acceptors (Lipinski definition) is 3. The molecule has 7 nitrogen and oxygen atoms in total. The van der Waals surface area contributed by atoms with Crippen molar-refractivity contribution in [2.45, 2.75) is 12.5 Å². The van der Waals surface area contributed by atoms with Gasteiger partial charge in [-0.15, -0.1) is 0 Å². The summed E-state index contributed by atoms with van der Waals surface area (Å²) < 4.78 is 10.2. The Labute approximate surface area is 68.7 Å². The van der Waals surface area contributed by atoms with E-state index in [1.807, 2.05) is 0 Å². The molecule has 7 N–H and O–H groups in total. The molecule has 0 amide bonds. The highest BCUT2D eigenvalue weighted by Crippen LogP contribution is 2.35. The third-order valence-electron chi connectivity index (χ3n) is 1.05. The van der Waals surface area contributed by atoms with Crippen LogP contribution in [0.5, 0.6) is 0 Å². The van der Waals surface area contributed by atoms with Crippen LogP contribution in [0.25, 0.3) is 0 Å². The minimum Gasteiger partial charge on any atom is -0.480 e. The molecule has 0 aromatic carbocycles. The highest BCUT2D eigenvalue weighted by atomic mass is 31.2. The van der Waals surface area contributed by atoms with E-state index in [2.05, 4.69) is 0 Å². The van der Waals surface area contributed by atoms with Crippen LogP contribution < -0.4 is 5.73 Å². The highest BCUT2D eigenvalue weighted by Gasteiger charge is 2.18. The fourth-order valence-corrected chi connectivity index (χ4v) is 1.05. The van der Waals surface area contributed by atoms with Gasteiger partial charge in [0.25, 0.3) is 0 Å². The lowest BCUT2D eigenvalue weighted by Crippen LogP contribution is -2.30. The molecule has 0 fully saturated rings. The largest absolute Gasteiger partial charge is 0.480 e. The molecule has 0 heterocycles. The maximum absolute atomic E-state index is 10.2. The van der Waals surface area contributed by atoms with E-state index in [9.17, 15) is 9.36 Å². The van der Waals surface area contributed by atoms with Gasteiger partial charge >= 0.3 is 13.6 Å². The Bertz CT molecular complexity index is 188. The Kier molecular flexibility index (Phi) is 6.14. The van der Waals surface area contributed by atoms with Crippen LogP contribution in [0, 0.1) is 0 Å². The molecule has 8 heteroatoms. The van der Waals surface area contributed by atoms with Crippen LogP contribution in [0.15, 0.2) is 0 Å². The number of carboxylic acids is 1. The smallest absolute Gasteiger partial charge is 0.325 e. The molecule has 0 saturated carbocycles. The molecule has 0 rings (SSSR count). The predicted molar refractivity (Wildman–Crippen MR) is 40.8 cm³/mol. The molecule has 0 unspecified atom stereocenters. The van der Waals surface area contributed by atoms with E-state index < -0.39 is 25.8 Å². The fourth-order valence-electron chi connectivity index (χ4n) is 0.431. The molecule has 0 spiro atoms. The summed E-state index contributed by atoms with van der Waals surface area (Å²) in [6.45, 7) is 0. The number of nitrogens with two attached hydrogens (primary N) is 1. The van der Waals surface area contributed by atoms with Crippen molar-refractivity contribution in [1.82, 2.24) is 0 Å². The topological polar surface area (TPSA) is 152 Å². The van der Waals surface area contributed by atoms with Crippen LogP contribution in [-0.2, 0) is 9.36 Å². The van der Waals surface area contributed by atoms with E-state index >= 15 is 0 Å². The Morgan fingerprint density at radius 1 is 1.50 bits per heavy atom. The standard InChI is InChI=1S/C4H10NO5P.H2O/c5-3(4(6)7)1-2-11(8,9)10;/h3H,1-2,5H2,(H,6,7)(H2,8,9,10);1H2/t3-;/m0./s1. The monoisotopic (exact) mass is 201 g/mol. The number of carboxylic acid groups (broad SMARTS) is 1. The SMILES string of the molecule is N[C@@H](CCP(=O)(O)O)C(=O)O.O. The first-order chi connectivity index (χ1) is 4.83. The molecule has 12 heavy (non-hydrogen) atoms. The zero-order valence-corrected chi connectivity index (χ0v) is 7.07. The van der Waals surface area contributed by atoms with Gasteiger partial charge in [-0.3, -0.25) is 9.36 Å². The van der Waals surface area contributed by atoms with Crippen LogP contribution in [0.3, 0.4) is 0 Å². The molecule has 0 aliphatic heterocycles. The molecule has 0 aliphatic carbocycles. The van der Waals surface area contributed by atoms with Crippen molar-refractivity contribution >= 4 is 13.6 Å². The van der Waals surface area contributed by atoms with Crippen molar-refractivity contribution in [3.05, 3.63) is 0 Å². The predicted octanol–water partition coefficient (Wildman–Crippen LogP) is -1.86. The maximum atomic E-state index is 10.2. The second-order valence-electron chi connectivity index (χ2n) is 2.12. The maximum Gasteiger partial charge on any atom is 0.325 e. The molecule has 1 atom stereocenters. The van der Waals surface area contributed by atoms with Crippen LogP contribution in [-0.4, -0.2) is 38.5 Å². The van der Waals surface area contributed by atoms with Crippen molar-refractivity contribution in [3.8, 4) is 0 Å². The van der Waals surface area contributed by atoms with Crippen molar-refractivity contribution in [1.29, 1.82) is 0 Å². The summed E-state index contributed by atoms with van der Waals surface area (Å²) in [5.74, 6) is -1.25. The van der Waals surface area contributed by atoms with Gasteiger partial charge in [0.2, 0.25) is 0 Å². The molecule has 0 aromatic rings. The van der Waals surface area contributed by atoms with Gasteiger partial charge in [-0.25, -0.2) is 0 Å². The lowest BCUT2D eigenvalue weighted by Gasteiger charge is -2.06. The number of rotatable bonds is 4. The molecule has 0 aliphatic rings. The first-order valence-corrected chi connectivity index (χ1v) is 4.65. The number of carbonyl (C=O) groups is 1. The third-order valence-corrected chi connectivity index (χ3v) is 1.89. The summed E-state index contributed by atoms with van der Waals surface area (Å²) in [7, 11) is -4.10. The summed E-state index contributed by atoms with van der Waals surface area (Å²) in [6.07, 6.45) is -0.694. The van der Waals surface area contributed by atoms with Crippen molar-refractivity contribution < 1.29 is 29.7 Å². The van der Waals surface area contributed by atoms with E-state index in [0.717, 1.165) is 0 Å². The Hall–Kier alpha value is -0.460.